The monoisotopic (exact) mass is 342 g/mol. The number of hydrogen-bond donors (Lipinski definition) is 2. The molecule has 0 atom stereocenters. The molecular formula is C15H22N2O5S. The van der Waals surface area contributed by atoms with Gasteiger partial charge in [0.1, 0.15) is 6.54 Å². The number of aliphatic carboxylic acids is 1. The van der Waals surface area contributed by atoms with Crippen LogP contribution < -0.4 is 4.72 Å². The second kappa shape index (κ2) is 7.10. The van der Waals surface area contributed by atoms with Crippen LogP contribution in [0.2, 0.25) is 0 Å². The minimum Gasteiger partial charge on any atom is -0.480 e. The summed E-state index contributed by atoms with van der Waals surface area (Å²) in [4.78, 5) is 24.2. The first-order valence-corrected chi connectivity index (χ1v) is 8.59. The van der Waals surface area contributed by atoms with Gasteiger partial charge in [0.25, 0.3) is 5.91 Å². The van der Waals surface area contributed by atoms with Crippen LogP contribution in [0.5, 0.6) is 0 Å². The Morgan fingerprint density at radius 2 is 1.70 bits per heavy atom. The van der Waals surface area contributed by atoms with Gasteiger partial charge in [0.2, 0.25) is 10.0 Å². The van der Waals surface area contributed by atoms with E-state index in [9.17, 15) is 18.0 Å². The van der Waals surface area contributed by atoms with Crippen molar-refractivity contribution in [3.8, 4) is 0 Å². The molecule has 1 aromatic rings. The highest BCUT2D eigenvalue weighted by atomic mass is 32.2. The van der Waals surface area contributed by atoms with Gasteiger partial charge in [0, 0.05) is 17.6 Å². The largest absolute Gasteiger partial charge is 0.480 e. The van der Waals surface area contributed by atoms with Crippen LogP contribution in [0, 0.1) is 0 Å². The first-order chi connectivity index (χ1) is 10.5. The van der Waals surface area contributed by atoms with Crippen LogP contribution in [-0.4, -0.2) is 48.9 Å². The zero-order chi connectivity index (χ0) is 17.8. The summed E-state index contributed by atoms with van der Waals surface area (Å²) in [5.41, 5.74) is -0.379. The van der Waals surface area contributed by atoms with Crippen LogP contribution >= 0.6 is 0 Å². The first kappa shape index (κ1) is 19.1. The minimum absolute atomic E-state index is 0.0465. The number of nitrogens with one attached hydrogen (secondary N) is 1. The number of benzene rings is 1. The Bertz CT molecular complexity index is 675. The summed E-state index contributed by atoms with van der Waals surface area (Å²) in [7, 11) is -3.67. The fourth-order valence-corrected chi connectivity index (χ4v) is 3.33. The summed E-state index contributed by atoms with van der Waals surface area (Å²) >= 11 is 0. The van der Waals surface area contributed by atoms with E-state index in [1.54, 1.807) is 27.7 Å². The van der Waals surface area contributed by atoms with E-state index in [1.165, 1.54) is 29.2 Å². The second-order valence-electron chi connectivity index (χ2n) is 6.09. The van der Waals surface area contributed by atoms with Crippen molar-refractivity contribution in [3.63, 3.8) is 0 Å². The van der Waals surface area contributed by atoms with Gasteiger partial charge < -0.3 is 10.0 Å². The number of carboxylic acid groups (broad SMARTS) is 1. The summed E-state index contributed by atoms with van der Waals surface area (Å²) in [5.74, 6) is -1.56. The number of hydrogen-bond acceptors (Lipinski definition) is 4. The average molecular weight is 342 g/mol. The summed E-state index contributed by atoms with van der Waals surface area (Å²) in [6.07, 6.45) is 0. The number of amides is 1. The van der Waals surface area contributed by atoms with Crippen LogP contribution in [-0.2, 0) is 14.8 Å². The zero-order valence-electron chi connectivity index (χ0n) is 13.7. The van der Waals surface area contributed by atoms with Crippen LogP contribution in [0.15, 0.2) is 29.2 Å². The van der Waals surface area contributed by atoms with Gasteiger partial charge >= 0.3 is 5.97 Å². The summed E-state index contributed by atoms with van der Waals surface area (Å²) in [6, 6.07) is 5.42. The fraction of sp³-hybridized carbons (Fsp3) is 0.467. The predicted molar refractivity (Wildman–Crippen MR) is 85.7 cm³/mol. The maximum Gasteiger partial charge on any atom is 0.323 e. The third kappa shape index (κ3) is 5.65. The normalized spacial score (nSPS) is 12.0. The number of carbonyl (C=O) groups excluding carboxylic acids is 1. The third-order valence-electron chi connectivity index (χ3n) is 2.85. The topological polar surface area (TPSA) is 104 Å². The Morgan fingerprint density at radius 1 is 1.17 bits per heavy atom. The number of likely N-dealkylation sites (N-methyl/N-ethyl adjacent to an activating group) is 1. The third-order valence-corrected chi connectivity index (χ3v) is 4.62. The van der Waals surface area contributed by atoms with E-state index in [4.69, 9.17) is 5.11 Å². The van der Waals surface area contributed by atoms with Gasteiger partial charge in [-0.05, 0) is 52.0 Å². The molecule has 7 nitrogen and oxygen atoms in total. The molecule has 0 heterocycles. The Labute approximate surface area is 136 Å². The lowest BCUT2D eigenvalue weighted by Gasteiger charge is -2.21. The number of rotatable bonds is 6. The van der Waals surface area contributed by atoms with Crippen LogP contribution in [0.25, 0.3) is 0 Å². The Balaban J connectivity index is 3.00. The zero-order valence-corrected chi connectivity index (χ0v) is 14.5. The number of carboxylic acids is 1. The van der Waals surface area contributed by atoms with Gasteiger partial charge in [0.05, 0.1) is 4.90 Å². The molecule has 0 aliphatic rings. The van der Waals surface area contributed by atoms with Crippen molar-refractivity contribution in [2.75, 3.05) is 13.1 Å². The van der Waals surface area contributed by atoms with Gasteiger partial charge in [-0.3, -0.25) is 9.59 Å². The number of nitrogens with zero attached hydrogens (tertiary/aromatic N) is 1. The maximum absolute atomic E-state index is 12.2. The summed E-state index contributed by atoms with van der Waals surface area (Å²) < 4.78 is 26.9. The minimum atomic E-state index is -3.67. The lowest BCUT2D eigenvalue weighted by atomic mass is 10.1. The lowest BCUT2D eigenvalue weighted by molar-refractivity contribution is -0.137. The first-order valence-electron chi connectivity index (χ1n) is 7.11. The summed E-state index contributed by atoms with van der Waals surface area (Å²) in [5, 5.41) is 8.79. The molecule has 128 valence electrons. The van der Waals surface area contributed by atoms with E-state index in [2.05, 4.69) is 4.72 Å². The molecule has 2 N–H and O–H groups in total. The molecule has 0 fully saturated rings. The molecular weight excluding hydrogens is 320 g/mol. The van der Waals surface area contributed by atoms with E-state index in [0.29, 0.717) is 0 Å². The van der Waals surface area contributed by atoms with E-state index in [1.807, 2.05) is 0 Å². The van der Waals surface area contributed by atoms with E-state index in [-0.39, 0.29) is 17.0 Å². The van der Waals surface area contributed by atoms with E-state index < -0.39 is 34.0 Å². The van der Waals surface area contributed by atoms with E-state index in [0.717, 1.165) is 0 Å². The van der Waals surface area contributed by atoms with Crippen molar-refractivity contribution in [1.29, 1.82) is 0 Å². The molecule has 0 radical (unpaired) electrons. The highest BCUT2D eigenvalue weighted by molar-refractivity contribution is 7.89. The highest BCUT2D eigenvalue weighted by Gasteiger charge is 2.23. The van der Waals surface area contributed by atoms with Crippen molar-refractivity contribution < 1.29 is 23.1 Å². The Hall–Kier alpha value is -1.93. The van der Waals surface area contributed by atoms with Crippen molar-refractivity contribution >= 4 is 21.9 Å². The average Bonchev–Trinajstić information content (AvgIpc) is 2.41. The number of sulfonamides is 1. The molecule has 0 bridgehead atoms. The summed E-state index contributed by atoms with van der Waals surface area (Å²) in [6.45, 7) is 6.71. The molecule has 0 unspecified atom stereocenters. The highest BCUT2D eigenvalue weighted by Crippen LogP contribution is 2.15. The van der Waals surface area contributed by atoms with Gasteiger partial charge in [0.15, 0.2) is 0 Å². The van der Waals surface area contributed by atoms with Crippen molar-refractivity contribution in [1.82, 2.24) is 9.62 Å². The second-order valence-corrected chi connectivity index (χ2v) is 7.78. The standard InChI is InChI=1S/C15H22N2O5S/c1-5-17(10-13(18)19)14(20)11-6-8-12(9-7-11)23(21,22)16-15(2,3)4/h6-9,16H,5,10H2,1-4H3,(H,18,19). The molecule has 0 aliphatic carbocycles. The molecule has 0 aliphatic heterocycles. The molecule has 0 spiro atoms. The molecule has 0 aromatic heterocycles. The molecule has 8 heteroatoms. The van der Waals surface area contributed by atoms with Gasteiger partial charge in [-0.2, -0.15) is 0 Å². The molecule has 1 aromatic carbocycles. The molecule has 0 saturated carbocycles. The van der Waals surface area contributed by atoms with Crippen molar-refractivity contribution in [2.45, 2.75) is 38.1 Å². The van der Waals surface area contributed by atoms with E-state index >= 15 is 0 Å². The van der Waals surface area contributed by atoms with Gasteiger partial charge in [-0.15, -0.1) is 0 Å². The lowest BCUT2D eigenvalue weighted by Crippen LogP contribution is -2.40. The van der Waals surface area contributed by atoms with Crippen LogP contribution in [0.1, 0.15) is 38.1 Å². The van der Waals surface area contributed by atoms with Crippen LogP contribution in [0.3, 0.4) is 0 Å². The Kier molecular flexibility index (Phi) is 5.90. The molecule has 0 saturated heterocycles. The molecule has 1 amide bonds. The van der Waals surface area contributed by atoms with Gasteiger partial charge in [-0.1, -0.05) is 0 Å². The SMILES string of the molecule is CCN(CC(=O)O)C(=O)c1ccc(S(=O)(=O)NC(C)(C)C)cc1. The Morgan fingerprint density at radius 3 is 2.09 bits per heavy atom. The fourth-order valence-electron chi connectivity index (χ4n) is 1.91. The molecule has 1 rings (SSSR count). The van der Waals surface area contributed by atoms with Crippen LogP contribution in [0.4, 0.5) is 0 Å². The quantitative estimate of drug-likeness (QED) is 0.811. The van der Waals surface area contributed by atoms with Crippen molar-refractivity contribution in [3.05, 3.63) is 29.8 Å². The van der Waals surface area contributed by atoms with Crippen molar-refractivity contribution in [2.24, 2.45) is 0 Å². The maximum atomic E-state index is 12.2. The van der Waals surface area contributed by atoms with Gasteiger partial charge in [-0.25, -0.2) is 13.1 Å². The smallest absolute Gasteiger partial charge is 0.323 e. The molecule has 23 heavy (non-hydrogen) atoms. The number of carbonyl (C=O) groups is 2. The predicted octanol–water partition coefficient (Wildman–Crippen LogP) is 1.31.